The number of aryl methyl sites for hydroxylation is 2. The molecule has 4 aromatic rings. The number of benzene rings is 3. The van der Waals surface area contributed by atoms with Crippen LogP contribution in [0.3, 0.4) is 0 Å². The zero-order valence-electron chi connectivity index (χ0n) is 15.3. The van der Waals surface area contributed by atoms with Crippen molar-refractivity contribution in [1.82, 2.24) is 4.98 Å². The van der Waals surface area contributed by atoms with E-state index in [2.05, 4.69) is 23.2 Å². The van der Waals surface area contributed by atoms with E-state index in [1.807, 2.05) is 19.9 Å². The topological polar surface area (TPSA) is 12.9 Å². The fourth-order valence-electron chi connectivity index (χ4n) is 3.69. The van der Waals surface area contributed by atoms with Gasteiger partial charge in [0.15, 0.2) is 0 Å². The largest absolute Gasteiger partial charge is 0.273 e. The van der Waals surface area contributed by atoms with Gasteiger partial charge >= 0.3 is 0 Å². The zero-order chi connectivity index (χ0) is 19.3. The summed E-state index contributed by atoms with van der Waals surface area (Å²) in [5.74, 6) is -4.12. The number of pyridine rings is 1. The second-order valence-corrected chi connectivity index (χ2v) is 7.14. The molecule has 0 bridgehead atoms. The number of alkyl halides is 2. The van der Waals surface area contributed by atoms with Crippen LogP contribution in [0.2, 0.25) is 0 Å². The maximum absolute atomic E-state index is 14.4. The van der Waals surface area contributed by atoms with Gasteiger partial charge in [-0.1, -0.05) is 29.3 Å². The molecule has 0 N–H and O–H groups in total. The van der Waals surface area contributed by atoms with E-state index < -0.39 is 17.3 Å². The maximum Gasteiger partial charge on any atom is 0.273 e. The average Bonchev–Trinajstić information content (AvgIpc) is 2.58. The summed E-state index contributed by atoms with van der Waals surface area (Å²) in [7, 11) is 0. The van der Waals surface area contributed by atoms with E-state index in [0.717, 1.165) is 33.2 Å². The van der Waals surface area contributed by atoms with Crippen molar-refractivity contribution in [3.8, 4) is 11.3 Å². The van der Waals surface area contributed by atoms with Crippen molar-refractivity contribution in [2.24, 2.45) is 0 Å². The van der Waals surface area contributed by atoms with Crippen molar-refractivity contribution in [2.75, 3.05) is 0 Å². The molecule has 136 valence electrons. The van der Waals surface area contributed by atoms with Crippen molar-refractivity contribution >= 4 is 21.5 Å². The quantitative estimate of drug-likeness (QED) is 0.351. The molecule has 3 aromatic carbocycles. The third kappa shape index (κ3) is 3.05. The molecule has 0 saturated heterocycles. The van der Waals surface area contributed by atoms with Crippen LogP contribution in [0, 0.1) is 19.7 Å². The van der Waals surface area contributed by atoms with E-state index in [1.54, 1.807) is 18.3 Å². The fraction of sp³-hybridized carbons (Fsp3) is 0.174. The summed E-state index contributed by atoms with van der Waals surface area (Å²) in [5.41, 5.74) is 3.45. The molecular weight excluding hydrogens is 347 g/mol. The van der Waals surface area contributed by atoms with Crippen LogP contribution in [0.1, 0.15) is 23.6 Å². The Balaban J connectivity index is 2.03. The lowest BCUT2D eigenvalue weighted by Crippen LogP contribution is -2.09. The number of nitrogens with zero attached hydrogens (tertiary/aromatic N) is 1. The molecule has 0 spiro atoms. The maximum atomic E-state index is 14.4. The standard InChI is InChI=1S/C23H18F3N/c1-13-8-14(2)10-16(9-13)22-18-5-4-15-11-20(23(3,25)26)21(24)12-19(15)17(18)6-7-27-22/h4-12H,1-3H3. The predicted molar refractivity (Wildman–Crippen MR) is 104 cm³/mol. The molecule has 0 fully saturated rings. The lowest BCUT2D eigenvalue weighted by molar-refractivity contribution is 0.0139. The Labute approximate surface area is 155 Å². The summed E-state index contributed by atoms with van der Waals surface area (Å²) < 4.78 is 41.7. The Hall–Kier alpha value is -2.88. The molecule has 0 aliphatic carbocycles. The molecule has 1 aromatic heterocycles. The van der Waals surface area contributed by atoms with Gasteiger partial charge in [-0.05, 0) is 60.3 Å². The molecule has 4 heteroatoms. The first-order valence-corrected chi connectivity index (χ1v) is 8.72. The Kier molecular flexibility index (Phi) is 3.95. The normalized spacial score (nSPS) is 12.1. The van der Waals surface area contributed by atoms with E-state index in [0.29, 0.717) is 17.7 Å². The number of halogens is 3. The third-order valence-electron chi connectivity index (χ3n) is 4.82. The fourth-order valence-corrected chi connectivity index (χ4v) is 3.69. The van der Waals surface area contributed by atoms with Gasteiger partial charge in [-0.15, -0.1) is 0 Å². The number of aromatic nitrogens is 1. The molecule has 4 rings (SSSR count). The van der Waals surface area contributed by atoms with Crippen LogP contribution in [0.15, 0.2) is 54.7 Å². The minimum atomic E-state index is -3.23. The minimum absolute atomic E-state index is 0.581. The van der Waals surface area contributed by atoms with Crippen LogP contribution in [-0.2, 0) is 5.92 Å². The van der Waals surface area contributed by atoms with Gasteiger partial charge in [0.2, 0.25) is 0 Å². The highest BCUT2D eigenvalue weighted by molar-refractivity contribution is 6.11. The first-order valence-electron chi connectivity index (χ1n) is 8.72. The molecule has 0 aliphatic heterocycles. The molecule has 0 amide bonds. The smallest absolute Gasteiger partial charge is 0.256 e. The summed E-state index contributed by atoms with van der Waals surface area (Å²) in [4.78, 5) is 4.53. The van der Waals surface area contributed by atoms with Gasteiger partial charge in [0.05, 0.1) is 11.3 Å². The average molecular weight is 365 g/mol. The van der Waals surface area contributed by atoms with Crippen molar-refractivity contribution in [3.63, 3.8) is 0 Å². The first-order chi connectivity index (χ1) is 12.7. The molecule has 0 radical (unpaired) electrons. The van der Waals surface area contributed by atoms with Crippen LogP contribution >= 0.6 is 0 Å². The Morgan fingerprint density at radius 1 is 0.815 bits per heavy atom. The number of hydrogen-bond donors (Lipinski definition) is 0. The molecule has 0 aliphatic rings. The van der Waals surface area contributed by atoms with Gasteiger partial charge in [-0.3, -0.25) is 4.98 Å². The van der Waals surface area contributed by atoms with Crippen LogP contribution in [-0.4, -0.2) is 4.98 Å². The van der Waals surface area contributed by atoms with Crippen molar-refractivity contribution in [1.29, 1.82) is 0 Å². The zero-order valence-corrected chi connectivity index (χ0v) is 15.3. The van der Waals surface area contributed by atoms with E-state index in [4.69, 9.17) is 0 Å². The van der Waals surface area contributed by atoms with Crippen LogP contribution in [0.5, 0.6) is 0 Å². The predicted octanol–water partition coefficient (Wildman–Crippen LogP) is 6.92. The van der Waals surface area contributed by atoms with Crippen molar-refractivity contribution in [3.05, 3.63) is 77.2 Å². The summed E-state index contributed by atoms with van der Waals surface area (Å²) >= 11 is 0. The highest BCUT2D eigenvalue weighted by atomic mass is 19.3. The van der Waals surface area contributed by atoms with Gasteiger partial charge in [-0.25, -0.2) is 13.2 Å². The Morgan fingerprint density at radius 3 is 2.19 bits per heavy atom. The van der Waals surface area contributed by atoms with E-state index in [-0.39, 0.29) is 0 Å². The molecule has 0 atom stereocenters. The Bertz CT molecular complexity index is 1170. The molecular formula is C23H18F3N. The molecule has 1 nitrogen and oxygen atoms in total. The lowest BCUT2D eigenvalue weighted by atomic mass is 9.95. The molecule has 27 heavy (non-hydrogen) atoms. The molecule has 0 unspecified atom stereocenters. The summed E-state index contributed by atoms with van der Waals surface area (Å²) in [5, 5.41) is 2.84. The second kappa shape index (κ2) is 6.08. The first kappa shape index (κ1) is 17.5. The van der Waals surface area contributed by atoms with Gasteiger partial charge in [-0.2, -0.15) is 0 Å². The van der Waals surface area contributed by atoms with Crippen LogP contribution in [0.4, 0.5) is 13.2 Å². The highest BCUT2D eigenvalue weighted by Crippen LogP contribution is 2.36. The molecule has 1 heterocycles. The summed E-state index contributed by atoms with van der Waals surface area (Å²) in [6.45, 7) is 4.76. The van der Waals surface area contributed by atoms with Gasteiger partial charge < -0.3 is 0 Å². The SMILES string of the molecule is Cc1cc(C)cc(-c2nccc3c2ccc2cc(C(C)(F)F)c(F)cc23)c1. The number of rotatable bonds is 2. The van der Waals surface area contributed by atoms with Crippen molar-refractivity contribution < 1.29 is 13.2 Å². The number of hydrogen-bond acceptors (Lipinski definition) is 1. The van der Waals surface area contributed by atoms with Crippen molar-refractivity contribution in [2.45, 2.75) is 26.7 Å². The van der Waals surface area contributed by atoms with E-state index in [1.165, 1.54) is 12.1 Å². The second-order valence-electron chi connectivity index (χ2n) is 7.14. The lowest BCUT2D eigenvalue weighted by Gasteiger charge is -2.14. The third-order valence-corrected chi connectivity index (χ3v) is 4.82. The summed E-state index contributed by atoms with van der Waals surface area (Å²) in [6, 6.07) is 14.1. The van der Waals surface area contributed by atoms with E-state index >= 15 is 0 Å². The molecule has 0 saturated carbocycles. The monoisotopic (exact) mass is 365 g/mol. The highest BCUT2D eigenvalue weighted by Gasteiger charge is 2.28. The van der Waals surface area contributed by atoms with Gasteiger partial charge in [0.1, 0.15) is 5.82 Å². The van der Waals surface area contributed by atoms with Gasteiger partial charge in [0, 0.05) is 24.1 Å². The van der Waals surface area contributed by atoms with E-state index in [9.17, 15) is 13.2 Å². The van der Waals surface area contributed by atoms with Gasteiger partial charge in [0.25, 0.3) is 5.92 Å². The number of fused-ring (bicyclic) bond motifs is 3. The van der Waals surface area contributed by atoms with Crippen LogP contribution in [0.25, 0.3) is 32.8 Å². The minimum Gasteiger partial charge on any atom is -0.256 e. The van der Waals surface area contributed by atoms with Crippen LogP contribution < -0.4 is 0 Å². The Morgan fingerprint density at radius 2 is 1.52 bits per heavy atom. The summed E-state index contributed by atoms with van der Waals surface area (Å²) in [6.07, 6.45) is 1.68.